The van der Waals surface area contributed by atoms with E-state index in [9.17, 15) is 9.59 Å². The predicted molar refractivity (Wildman–Crippen MR) is 121 cm³/mol. The van der Waals surface area contributed by atoms with E-state index in [-0.39, 0.29) is 11.9 Å². The Balaban J connectivity index is 1.72. The van der Waals surface area contributed by atoms with Crippen molar-refractivity contribution in [2.45, 2.75) is 26.2 Å². The summed E-state index contributed by atoms with van der Waals surface area (Å²) >= 11 is 0. The zero-order valence-electron chi connectivity index (χ0n) is 17.7. The van der Waals surface area contributed by atoms with Gasteiger partial charge >= 0.3 is 6.03 Å². The molecule has 3 N–H and O–H groups in total. The summed E-state index contributed by atoms with van der Waals surface area (Å²) in [6, 6.07) is 12.9. The number of amides is 3. The summed E-state index contributed by atoms with van der Waals surface area (Å²) in [6.45, 7) is 4.82. The third-order valence-corrected chi connectivity index (χ3v) is 5.16. The minimum absolute atomic E-state index is 0.173. The molecule has 3 rings (SSSR count). The van der Waals surface area contributed by atoms with Crippen molar-refractivity contribution in [2.24, 2.45) is 0 Å². The molecule has 2 aromatic carbocycles. The van der Waals surface area contributed by atoms with E-state index in [1.165, 1.54) is 5.56 Å². The molecule has 1 saturated heterocycles. The van der Waals surface area contributed by atoms with Crippen LogP contribution in [0, 0.1) is 0 Å². The number of methoxy groups -OCH3 is 1. The number of nitrogens with one attached hydrogen (secondary N) is 3. The van der Waals surface area contributed by atoms with Crippen molar-refractivity contribution in [1.29, 1.82) is 0 Å². The molecule has 160 valence electrons. The molecule has 0 saturated carbocycles. The van der Waals surface area contributed by atoms with Crippen LogP contribution >= 0.6 is 0 Å². The summed E-state index contributed by atoms with van der Waals surface area (Å²) in [5, 5.41) is 8.53. The minimum atomic E-state index is -0.348. The lowest BCUT2D eigenvalue weighted by Gasteiger charge is -2.22. The molecule has 7 nitrogen and oxygen atoms in total. The predicted octanol–water partition coefficient (Wildman–Crippen LogP) is 3.87. The van der Waals surface area contributed by atoms with Crippen LogP contribution in [0.25, 0.3) is 0 Å². The Bertz CT molecular complexity index is 861. The summed E-state index contributed by atoms with van der Waals surface area (Å²) in [4.78, 5) is 27.4. The molecule has 0 radical (unpaired) electrons. The first-order valence-corrected chi connectivity index (χ1v) is 10.4. The summed E-state index contributed by atoms with van der Waals surface area (Å²) in [7, 11) is 1.60. The third kappa shape index (κ3) is 5.73. The number of benzene rings is 2. The standard InChI is InChI=1S/C23H30N4O3/c1-3-17-6-8-18(9-7-17)25-23(29)26-19-10-11-21(27-13-4-5-14-27)20(16-19)22(28)24-12-15-30-2/h6-11,16H,3-5,12-15H2,1-2H3,(H,24,28)(H2,25,26,29). The van der Waals surface area contributed by atoms with Crippen LogP contribution in [0.2, 0.25) is 0 Å². The molecule has 1 aliphatic rings. The molecular weight excluding hydrogens is 380 g/mol. The normalized spacial score (nSPS) is 13.2. The Morgan fingerprint density at radius 1 is 1.00 bits per heavy atom. The Morgan fingerprint density at radius 3 is 2.33 bits per heavy atom. The number of urea groups is 1. The number of hydrogen-bond donors (Lipinski definition) is 3. The molecule has 0 unspecified atom stereocenters. The molecular formula is C23H30N4O3. The van der Waals surface area contributed by atoms with Gasteiger partial charge in [0, 0.05) is 43.8 Å². The van der Waals surface area contributed by atoms with E-state index >= 15 is 0 Å². The molecule has 30 heavy (non-hydrogen) atoms. The van der Waals surface area contributed by atoms with Gasteiger partial charge in [-0.2, -0.15) is 0 Å². The zero-order valence-corrected chi connectivity index (χ0v) is 17.7. The van der Waals surface area contributed by atoms with E-state index in [4.69, 9.17) is 4.74 Å². The van der Waals surface area contributed by atoms with Crippen LogP contribution in [0.3, 0.4) is 0 Å². The third-order valence-electron chi connectivity index (χ3n) is 5.16. The lowest BCUT2D eigenvalue weighted by atomic mass is 10.1. The molecule has 0 spiro atoms. The molecule has 3 amide bonds. The molecule has 2 aromatic rings. The number of anilines is 3. The Morgan fingerprint density at radius 2 is 1.67 bits per heavy atom. The Hall–Kier alpha value is -3.06. The van der Waals surface area contributed by atoms with Crippen LogP contribution in [0.4, 0.5) is 21.9 Å². The lowest BCUT2D eigenvalue weighted by molar-refractivity contribution is 0.0937. The van der Waals surface area contributed by atoms with E-state index in [0.29, 0.717) is 24.4 Å². The van der Waals surface area contributed by atoms with Crippen LogP contribution in [0.5, 0.6) is 0 Å². The van der Waals surface area contributed by atoms with E-state index in [1.54, 1.807) is 13.2 Å². The van der Waals surface area contributed by atoms with Gasteiger partial charge in [-0.15, -0.1) is 0 Å². The monoisotopic (exact) mass is 410 g/mol. The molecule has 0 aliphatic carbocycles. The Labute approximate surface area is 177 Å². The topological polar surface area (TPSA) is 82.7 Å². The number of nitrogens with zero attached hydrogens (tertiary/aromatic N) is 1. The number of hydrogen-bond acceptors (Lipinski definition) is 4. The van der Waals surface area contributed by atoms with Crippen molar-refractivity contribution in [3.8, 4) is 0 Å². The molecule has 1 fully saturated rings. The highest BCUT2D eigenvalue weighted by Crippen LogP contribution is 2.27. The number of rotatable bonds is 8. The molecule has 7 heteroatoms. The average molecular weight is 411 g/mol. The molecule has 1 heterocycles. The van der Waals surface area contributed by atoms with Gasteiger partial charge in [0.05, 0.1) is 12.2 Å². The Kier molecular flexibility index (Phi) is 7.68. The highest BCUT2D eigenvalue weighted by atomic mass is 16.5. The van der Waals surface area contributed by atoms with Crippen LogP contribution < -0.4 is 20.9 Å². The first-order valence-electron chi connectivity index (χ1n) is 10.4. The summed E-state index contributed by atoms with van der Waals surface area (Å²) in [5.74, 6) is -0.173. The first-order chi connectivity index (χ1) is 14.6. The lowest BCUT2D eigenvalue weighted by Crippen LogP contribution is -2.30. The van der Waals surface area contributed by atoms with E-state index in [1.807, 2.05) is 36.4 Å². The fourth-order valence-electron chi connectivity index (χ4n) is 3.51. The van der Waals surface area contributed by atoms with Crippen molar-refractivity contribution in [3.63, 3.8) is 0 Å². The average Bonchev–Trinajstić information content (AvgIpc) is 3.29. The second-order valence-corrected chi connectivity index (χ2v) is 7.30. The molecule has 0 atom stereocenters. The van der Waals surface area contributed by atoms with Gasteiger partial charge in [-0.1, -0.05) is 19.1 Å². The van der Waals surface area contributed by atoms with Gasteiger partial charge in [0.2, 0.25) is 0 Å². The fraction of sp³-hybridized carbons (Fsp3) is 0.391. The molecule has 1 aliphatic heterocycles. The van der Waals surface area contributed by atoms with Gasteiger partial charge in [0.1, 0.15) is 0 Å². The van der Waals surface area contributed by atoms with Crippen molar-refractivity contribution >= 4 is 29.0 Å². The van der Waals surface area contributed by atoms with Gasteiger partial charge in [-0.3, -0.25) is 4.79 Å². The second kappa shape index (κ2) is 10.6. The minimum Gasteiger partial charge on any atom is -0.383 e. The van der Waals surface area contributed by atoms with Crippen LogP contribution in [-0.4, -0.2) is 45.3 Å². The smallest absolute Gasteiger partial charge is 0.323 e. The molecule has 0 bridgehead atoms. The summed E-state index contributed by atoms with van der Waals surface area (Å²) in [6.07, 6.45) is 3.18. The van der Waals surface area contributed by atoms with Crippen molar-refractivity contribution in [2.75, 3.05) is 48.9 Å². The maximum Gasteiger partial charge on any atom is 0.323 e. The SMILES string of the molecule is CCc1ccc(NC(=O)Nc2ccc(N3CCCC3)c(C(=O)NCCOC)c2)cc1. The highest BCUT2D eigenvalue weighted by Gasteiger charge is 2.20. The summed E-state index contributed by atoms with van der Waals surface area (Å²) in [5.41, 5.74) is 3.94. The first kappa shape index (κ1) is 21.6. The zero-order chi connectivity index (χ0) is 21.3. The van der Waals surface area contributed by atoms with Crippen molar-refractivity contribution in [3.05, 3.63) is 53.6 Å². The van der Waals surface area contributed by atoms with Gasteiger partial charge in [-0.25, -0.2) is 4.79 Å². The van der Waals surface area contributed by atoms with E-state index in [2.05, 4.69) is 27.8 Å². The number of carbonyl (C=O) groups is 2. The quantitative estimate of drug-likeness (QED) is 0.577. The maximum atomic E-state index is 12.8. The van der Waals surface area contributed by atoms with Crippen molar-refractivity contribution < 1.29 is 14.3 Å². The maximum absolute atomic E-state index is 12.8. The van der Waals surface area contributed by atoms with Gasteiger partial charge < -0.3 is 25.6 Å². The number of carbonyl (C=O) groups excluding carboxylic acids is 2. The van der Waals surface area contributed by atoms with Gasteiger partial charge in [0.15, 0.2) is 0 Å². The van der Waals surface area contributed by atoms with Gasteiger partial charge in [-0.05, 0) is 55.2 Å². The van der Waals surface area contributed by atoms with Crippen molar-refractivity contribution in [1.82, 2.24) is 5.32 Å². The second-order valence-electron chi connectivity index (χ2n) is 7.30. The van der Waals surface area contributed by atoms with Crippen LogP contribution in [0.15, 0.2) is 42.5 Å². The fourth-order valence-corrected chi connectivity index (χ4v) is 3.51. The van der Waals surface area contributed by atoms with E-state index in [0.717, 1.165) is 43.7 Å². The largest absolute Gasteiger partial charge is 0.383 e. The van der Waals surface area contributed by atoms with E-state index < -0.39 is 0 Å². The van der Waals surface area contributed by atoms with Gasteiger partial charge in [0.25, 0.3) is 5.91 Å². The highest BCUT2D eigenvalue weighted by molar-refractivity contribution is 6.04. The van der Waals surface area contributed by atoms with Crippen LogP contribution in [0.1, 0.15) is 35.7 Å². The number of ether oxygens (including phenoxy) is 1. The van der Waals surface area contributed by atoms with Crippen LogP contribution in [-0.2, 0) is 11.2 Å². The number of aryl methyl sites for hydroxylation is 1. The summed E-state index contributed by atoms with van der Waals surface area (Å²) < 4.78 is 5.02. The molecule has 0 aromatic heterocycles.